The summed E-state index contributed by atoms with van der Waals surface area (Å²) < 4.78 is 10.8. The number of rotatable bonds is 6. The SMILES string of the molecule is CCCN1CCc2nc3ccccc3c(C(=O)OCC(=O)N3CCN(C(=O)c4ccco4)CC3)c2C1. The standard InChI is InChI=1S/C27H30N4O5/c1-2-10-29-11-9-22-20(17-29)25(19-6-3-4-7-21(19)28-22)27(34)36-18-24(32)30-12-14-31(15-13-30)26(33)23-8-5-16-35-23/h3-8,16H,2,9-15,17-18H2,1H3. The number of amides is 2. The zero-order valence-electron chi connectivity index (χ0n) is 20.4. The Kier molecular flexibility index (Phi) is 6.99. The molecule has 2 amide bonds. The molecule has 1 aromatic carbocycles. The second kappa shape index (κ2) is 10.5. The summed E-state index contributed by atoms with van der Waals surface area (Å²) in [5.41, 5.74) is 3.10. The number of nitrogens with zero attached hydrogens (tertiary/aromatic N) is 4. The molecule has 0 aliphatic carbocycles. The monoisotopic (exact) mass is 490 g/mol. The summed E-state index contributed by atoms with van der Waals surface area (Å²) >= 11 is 0. The van der Waals surface area contributed by atoms with Gasteiger partial charge in [-0.2, -0.15) is 0 Å². The highest BCUT2D eigenvalue weighted by Crippen LogP contribution is 2.29. The zero-order valence-corrected chi connectivity index (χ0v) is 20.4. The normalized spacial score (nSPS) is 16.1. The van der Waals surface area contributed by atoms with Crippen LogP contribution in [0.2, 0.25) is 0 Å². The van der Waals surface area contributed by atoms with Gasteiger partial charge in [0.05, 0.1) is 17.3 Å². The van der Waals surface area contributed by atoms with Crippen LogP contribution in [-0.2, 0) is 22.5 Å². The van der Waals surface area contributed by atoms with Crippen LogP contribution in [-0.4, -0.2) is 83.3 Å². The summed E-state index contributed by atoms with van der Waals surface area (Å²) in [5, 5.41) is 0.747. The largest absolute Gasteiger partial charge is 0.459 e. The summed E-state index contributed by atoms with van der Waals surface area (Å²) in [5.74, 6) is -0.671. The van der Waals surface area contributed by atoms with Crippen molar-refractivity contribution in [3.8, 4) is 0 Å². The quantitative estimate of drug-likeness (QED) is 0.490. The lowest BCUT2D eigenvalue weighted by Crippen LogP contribution is -2.51. The Balaban J connectivity index is 1.26. The number of carbonyl (C=O) groups is 3. The second-order valence-electron chi connectivity index (χ2n) is 9.18. The molecule has 188 valence electrons. The lowest BCUT2D eigenvalue weighted by atomic mass is 9.95. The van der Waals surface area contributed by atoms with E-state index in [1.807, 2.05) is 24.3 Å². The molecule has 2 aliphatic heterocycles. The van der Waals surface area contributed by atoms with Crippen molar-refractivity contribution in [2.24, 2.45) is 0 Å². The Labute approximate surface area is 209 Å². The molecule has 9 nitrogen and oxygen atoms in total. The van der Waals surface area contributed by atoms with Crippen molar-refractivity contribution < 1.29 is 23.5 Å². The number of aromatic nitrogens is 1. The molecule has 2 aliphatic rings. The van der Waals surface area contributed by atoms with Crippen LogP contribution < -0.4 is 0 Å². The Morgan fingerprint density at radius 2 is 1.78 bits per heavy atom. The molecule has 9 heteroatoms. The van der Waals surface area contributed by atoms with Crippen molar-refractivity contribution in [1.29, 1.82) is 0 Å². The summed E-state index contributed by atoms with van der Waals surface area (Å²) in [6.45, 7) is 5.86. The van der Waals surface area contributed by atoms with Gasteiger partial charge in [0.15, 0.2) is 12.4 Å². The third-order valence-electron chi connectivity index (χ3n) is 6.85. The molecular formula is C27H30N4O5. The number of carbonyl (C=O) groups excluding carboxylic acids is 3. The third kappa shape index (κ3) is 4.83. The molecule has 1 saturated heterocycles. The molecule has 0 unspecified atom stereocenters. The van der Waals surface area contributed by atoms with Gasteiger partial charge in [-0.25, -0.2) is 4.79 Å². The fraction of sp³-hybridized carbons (Fsp3) is 0.407. The van der Waals surface area contributed by atoms with E-state index in [-0.39, 0.29) is 24.2 Å². The van der Waals surface area contributed by atoms with E-state index in [1.54, 1.807) is 21.9 Å². The highest BCUT2D eigenvalue weighted by molar-refractivity contribution is 6.05. The number of pyridine rings is 1. The first kappa shape index (κ1) is 24.0. The predicted molar refractivity (Wildman–Crippen MR) is 132 cm³/mol. The molecule has 3 aromatic rings. The first-order valence-corrected chi connectivity index (χ1v) is 12.5. The molecule has 0 spiro atoms. The van der Waals surface area contributed by atoms with Crippen molar-refractivity contribution in [3.05, 3.63) is 65.2 Å². The van der Waals surface area contributed by atoms with E-state index < -0.39 is 5.97 Å². The Hall–Kier alpha value is -3.72. The topological polar surface area (TPSA) is 96.2 Å². The summed E-state index contributed by atoms with van der Waals surface area (Å²) in [6.07, 6.45) is 3.28. The molecular weight excluding hydrogens is 460 g/mol. The first-order valence-electron chi connectivity index (χ1n) is 12.5. The van der Waals surface area contributed by atoms with E-state index in [0.29, 0.717) is 38.3 Å². The van der Waals surface area contributed by atoms with E-state index in [0.717, 1.165) is 48.1 Å². The smallest absolute Gasteiger partial charge is 0.339 e. The van der Waals surface area contributed by atoms with Gasteiger partial charge in [-0.1, -0.05) is 25.1 Å². The number of benzene rings is 1. The highest BCUT2D eigenvalue weighted by Gasteiger charge is 2.29. The lowest BCUT2D eigenvalue weighted by Gasteiger charge is -2.34. The third-order valence-corrected chi connectivity index (χ3v) is 6.85. The summed E-state index contributed by atoms with van der Waals surface area (Å²) in [6, 6.07) is 10.9. The van der Waals surface area contributed by atoms with Gasteiger partial charge in [-0.15, -0.1) is 0 Å². The van der Waals surface area contributed by atoms with Crippen LogP contribution in [0.5, 0.6) is 0 Å². The maximum absolute atomic E-state index is 13.4. The fourth-order valence-electron chi connectivity index (χ4n) is 4.99. The predicted octanol–water partition coefficient (Wildman–Crippen LogP) is 2.74. The van der Waals surface area contributed by atoms with E-state index >= 15 is 0 Å². The molecule has 0 bridgehead atoms. The van der Waals surface area contributed by atoms with Crippen molar-refractivity contribution in [2.75, 3.05) is 45.9 Å². The second-order valence-corrected chi connectivity index (χ2v) is 9.18. The Bertz CT molecular complexity index is 1260. The van der Waals surface area contributed by atoms with Gasteiger partial charge in [0.1, 0.15) is 0 Å². The fourth-order valence-corrected chi connectivity index (χ4v) is 4.99. The van der Waals surface area contributed by atoms with Gasteiger partial charge in [0.25, 0.3) is 11.8 Å². The van der Waals surface area contributed by atoms with Crippen LogP contribution in [0.25, 0.3) is 10.9 Å². The van der Waals surface area contributed by atoms with Crippen molar-refractivity contribution in [3.63, 3.8) is 0 Å². The highest BCUT2D eigenvalue weighted by atomic mass is 16.5. The average Bonchev–Trinajstić information content (AvgIpc) is 3.45. The molecule has 4 heterocycles. The van der Waals surface area contributed by atoms with Gasteiger partial charge in [0.2, 0.25) is 0 Å². The van der Waals surface area contributed by atoms with Crippen molar-refractivity contribution in [1.82, 2.24) is 19.7 Å². The van der Waals surface area contributed by atoms with Gasteiger partial charge in [0, 0.05) is 62.3 Å². The summed E-state index contributed by atoms with van der Waals surface area (Å²) in [4.78, 5) is 49.1. The number of furan rings is 1. The number of hydrogen-bond acceptors (Lipinski definition) is 7. The minimum Gasteiger partial charge on any atom is -0.459 e. The van der Waals surface area contributed by atoms with Crippen LogP contribution >= 0.6 is 0 Å². The molecule has 5 rings (SSSR count). The number of esters is 1. The van der Waals surface area contributed by atoms with Gasteiger partial charge < -0.3 is 19.0 Å². The molecule has 0 saturated carbocycles. The van der Waals surface area contributed by atoms with Crippen molar-refractivity contribution >= 4 is 28.7 Å². The number of fused-ring (bicyclic) bond motifs is 2. The molecule has 1 fully saturated rings. The lowest BCUT2D eigenvalue weighted by molar-refractivity contribution is -0.136. The number of hydrogen-bond donors (Lipinski definition) is 0. The minimum absolute atomic E-state index is 0.190. The van der Waals surface area contributed by atoms with Gasteiger partial charge >= 0.3 is 5.97 Å². The average molecular weight is 491 g/mol. The van der Waals surface area contributed by atoms with Crippen LogP contribution in [0.15, 0.2) is 47.1 Å². The van der Waals surface area contributed by atoms with E-state index in [2.05, 4.69) is 11.8 Å². The van der Waals surface area contributed by atoms with Crippen molar-refractivity contribution in [2.45, 2.75) is 26.3 Å². The van der Waals surface area contributed by atoms with Crippen LogP contribution in [0.4, 0.5) is 0 Å². The molecule has 0 radical (unpaired) electrons. The maximum atomic E-state index is 13.4. The van der Waals surface area contributed by atoms with E-state index in [9.17, 15) is 14.4 Å². The van der Waals surface area contributed by atoms with Gasteiger partial charge in [-0.05, 0) is 31.2 Å². The number of ether oxygens (including phenoxy) is 1. The van der Waals surface area contributed by atoms with Gasteiger partial charge in [-0.3, -0.25) is 19.5 Å². The van der Waals surface area contributed by atoms with E-state index in [4.69, 9.17) is 14.1 Å². The maximum Gasteiger partial charge on any atom is 0.339 e. The Morgan fingerprint density at radius 3 is 2.53 bits per heavy atom. The van der Waals surface area contributed by atoms with Crippen LogP contribution in [0.1, 0.15) is 45.5 Å². The number of para-hydroxylation sites is 1. The molecule has 36 heavy (non-hydrogen) atoms. The number of piperazine rings is 1. The first-order chi connectivity index (χ1) is 17.5. The Morgan fingerprint density at radius 1 is 1.00 bits per heavy atom. The zero-order chi connectivity index (χ0) is 25.1. The molecule has 0 N–H and O–H groups in total. The van der Waals surface area contributed by atoms with E-state index in [1.165, 1.54) is 6.26 Å². The minimum atomic E-state index is -0.497. The van der Waals surface area contributed by atoms with Crippen LogP contribution in [0, 0.1) is 0 Å². The molecule has 0 atom stereocenters. The summed E-state index contributed by atoms with van der Waals surface area (Å²) in [7, 11) is 0. The van der Waals surface area contributed by atoms with Crippen LogP contribution in [0.3, 0.4) is 0 Å². The molecule has 2 aromatic heterocycles.